The third-order valence-electron chi connectivity index (χ3n) is 3.77. The lowest BCUT2D eigenvalue weighted by Crippen LogP contribution is -2.34. The quantitative estimate of drug-likeness (QED) is 0.850. The van der Waals surface area contributed by atoms with Crippen LogP contribution in [0.15, 0.2) is 24.3 Å². The van der Waals surface area contributed by atoms with E-state index in [-0.39, 0.29) is 12.6 Å². The standard InChI is InChI=1S/C14H19NO3/c1-10-6-7-15(13(10)9-16)8-11-2-4-12(5-3-11)14(17)18/h2-5,10,13,16H,6-9H2,1H3,(H,17,18). The van der Waals surface area contributed by atoms with Crippen LogP contribution >= 0.6 is 0 Å². The molecule has 1 aromatic rings. The fourth-order valence-electron chi connectivity index (χ4n) is 2.57. The number of carboxylic acid groups (broad SMARTS) is 1. The molecule has 1 aliphatic heterocycles. The van der Waals surface area contributed by atoms with Gasteiger partial charge in [0.2, 0.25) is 0 Å². The Morgan fingerprint density at radius 3 is 2.61 bits per heavy atom. The van der Waals surface area contributed by atoms with Gasteiger partial charge in [-0.2, -0.15) is 0 Å². The van der Waals surface area contributed by atoms with Crippen LogP contribution in [-0.2, 0) is 6.54 Å². The average molecular weight is 249 g/mol. The summed E-state index contributed by atoms with van der Waals surface area (Å²) in [5.74, 6) is -0.377. The Bertz CT molecular complexity index is 416. The third-order valence-corrected chi connectivity index (χ3v) is 3.77. The number of rotatable bonds is 4. The lowest BCUT2D eigenvalue weighted by Gasteiger charge is -2.25. The molecule has 1 fully saturated rings. The van der Waals surface area contributed by atoms with Crippen LogP contribution in [0.5, 0.6) is 0 Å². The van der Waals surface area contributed by atoms with Crippen molar-refractivity contribution in [2.24, 2.45) is 5.92 Å². The zero-order chi connectivity index (χ0) is 13.1. The highest BCUT2D eigenvalue weighted by Gasteiger charge is 2.30. The van der Waals surface area contributed by atoms with Gasteiger partial charge >= 0.3 is 5.97 Å². The van der Waals surface area contributed by atoms with E-state index in [0.29, 0.717) is 11.5 Å². The Hall–Kier alpha value is -1.39. The number of hydrogen-bond donors (Lipinski definition) is 2. The first-order valence-electron chi connectivity index (χ1n) is 6.29. The van der Waals surface area contributed by atoms with Gasteiger partial charge in [-0.1, -0.05) is 19.1 Å². The number of aromatic carboxylic acids is 1. The van der Waals surface area contributed by atoms with Crippen molar-refractivity contribution in [2.45, 2.75) is 25.9 Å². The van der Waals surface area contributed by atoms with E-state index in [1.165, 1.54) is 0 Å². The number of aliphatic hydroxyl groups excluding tert-OH is 1. The van der Waals surface area contributed by atoms with E-state index in [9.17, 15) is 9.90 Å². The second-order valence-electron chi connectivity index (χ2n) is 4.99. The summed E-state index contributed by atoms with van der Waals surface area (Å²) < 4.78 is 0. The third kappa shape index (κ3) is 2.71. The van der Waals surface area contributed by atoms with Crippen molar-refractivity contribution in [3.63, 3.8) is 0 Å². The minimum atomic E-state index is -0.899. The van der Waals surface area contributed by atoms with Crippen LogP contribution in [0.4, 0.5) is 0 Å². The van der Waals surface area contributed by atoms with Crippen molar-refractivity contribution in [1.29, 1.82) is 0 Å². The number of carbonyl (C=O) groups is 1. The smallest absolute Gasteiger partial charge is 0.335 e. The fraction of sp³-hybridized carbons (Fsp3) is 0.500. The van der Waals surface area contributed by atoms with E-state index in [2.05, 4.69) is 11.8 Å². The first kappa shape index (κ1) is 13.1. The van der Waals surface area contributed by atoms with Gasteiger partial charge in [0.05, 0.1) is 12.2 Å². The SMILES string of the molecule is CC1CCN(Cc2ccc(C(=O)O)cc2)C1CO. The zero-order valence-corrected chi connectivity index (χ0v) is 10.5. The number of hydrogen-bond acceptors (Lipinski definition) is 3. The van der Waals surface area contributed by atoms with Crippen LogP contribution in [0.2, 0.25) is 0 Å². The van der Waals surface area contributed by atoms with Crippen LogP contribution in [0, 0.1) is 5.92 Å². The maximum Gasteiger partial charge on any atom is 0.335 e. The van der Waals surface area contributed by atoms with Crippen LogP contribution in [0.1, 0.15) is 29.3 Å². The summed E-state index contributed by atoms with van der Waals surface area (Å²) in [6.45, 7) is 4.12. The summed E-state index contributed by atoms with van der Waals surface area (Å²) in [6.07, 6.45) is 1.11. The summed E-state index contributed by atoms with van der Waals surface area (Å²) >= 11 is 0. The van der Waals surface area contributed by atoms with Crippen molar-refractivity contribution in [3.8, 4) is 0 Å². The lowest BCUT2D eigenvalue weighted by atomic mass is 10.0. The molecule has 18 heavy (non-hydrogen) atoms. The molecule has 0 amide bonds. The Morgan fingerprint density at radius 2 is 2.06 bits per heavy atom. The largest absolute Gasteiger partial charge is 0.478 e. The molecular formula is C14H19NO3. The molecular weight excluding hydrogens is 230 g/mol. The van der Waals surface area contributed by atoms with Gasteiger partial charge in [-0.3, -0.25) is 4.90 Å². The highest BCUT2D eigenvalue weighted by Crippen LogP contribution is 2.25. The maximum atomic E-state index is 10.8. The Balaban J connectivity index is 2.03. The van der Waals surface area contributed by atoms with E-state index in [0.717, 1.165) is 25.1 Å². The highest BCUT2D eigenvalue weighted by atomic mass is 16.4. The van der Waals surface area contributed by atoms with Crippen LogP contribution < -0.4 is 0 Å². The minimum absolute atomic E-state index is 0.189. The predicted molar refractivity (Wildman–Crippen MR) is 68.5 cm³/mol. The molecule has 1 heterocycles. The molecule has 0 aliphatic carbocycles. The molecule has 2 unspecified atom stereocenters. The number of aliphatic hydroxyl groups is 1. The summed E-state index contributed by atoms with van der Waals surface area (Å²) in [5, 5.41) is 18.2. The van der Waals surface area contributed by atoms with Gasteiger partial charge in [0.15, 0.2) is 0 Å². The molecule has 0 bridgehead atoms. The van der Waals surface area contributed by atoms with Crippen molar-refractivity contribution >= 4 is 5.97 Å². The molecule has 2 N–H and O–H groups in total. The number of benzene rings is 1. The van der Waals surface area contributed by atoms with E-state index in [4.69, 9.17) is 5.11 Å². The first-order chi connectivity index (χ1) is 8.61. The van der Waals surface area contributed by atoms with Gasteiger partial charge in [-0.05, 0) is 36.6 Å². The summed E-state index contributed by atoms with van der Waals surface area (Å²) in [4.78, 5) is 13.0. The fourth-order valence-corrected chi connectivity index (χ4v) is 2.57. The molecule has 98 valence electrons. The molecule has 0 spiro atoms. The minimum Gasteiger partial charge on any atom is -0.478 e. The monoisotopic (exact) mass is 249 g/mol. The predicted octanol–water partition coefficient (Wildman–Crippen LogP) is 1.59. The summed E-state index contributed by atoms with van der Waals surface area (Å²) in [5.41, 5.74) is 1.40. The Labute approximate surface area is 107 Å². The molecule has 4 heteroatoms. The molecule has 0 saturated carbocycles. The number of likely N-dealkylation sites (tertiary alicyclic amines) is 1. The zero-order valence-electron chi connectivity index (χ0n) is 10.5. The van der Waals surface area contributed by atoms with Crippen LogP contribution in [0.25, 0.3) is 0 Å². The van der Waals surface area contributed by atoms with Crippen LogP contribution in [0.3, 0.4) is 0 Å². The molecule has 1 aromatic carbocycles. The second kappa shape index (κ2) is 5.50. The van der Waals surface area contributed by atoms with Gasteiger partial charge in [0.25, 0.3) is 0 Å². The molecule has 0 radical (unpaired) electrons. The van der Waals surface area contributed by atoms with Crippen molar-refractivity contribution in [2.75, 3.05) is 13.2 Å². The number of carboxylic acids is 1. The van der Waals surface area contributed by atoms with Gasteiger partial charge in [0.1, 0.15) is 0 Å². The molecule has 2 rings (SSSR count). The first-order valence-corrected chi connectivity index (χ1v) is 6.29. The van der Waals surface area contributed by atoms with Crippen LogP contribution in [-0.4, -0.2) is 40.3 Å². The van der Waals surface area contributed by atoms with E-state index in [1.807, 2.05) is 12.1 Å². The van der Waals surface area contributed by atoms with Gasteiger partial charge < -0.3 is 10.2 Å². The molecule has 1 aliphatic rings. The van der Waals surface area contributed by atoms with Crippen molar-refractivity contribution < 1.29 is 15.0 Å². The normalized spacial score (nSPS) is 24.3. The van der Waals surface area contributed by atoms with Gasteiger partial charge in [0, 0.05) is 12.6 Å². The van der Waals surface area contributed by atoms with E-state index >= 15 is 0 Å². The van der Waals surface area contributed by atoms with Crippen molar-refractivity contribution in [3.05, 3.63) is 35.4 Å². The average Bonchev–Trinajstić information content (AvgIpc) is 2.70. The molecule has 4 nitrogen and oxygen atoms in total. The molecule has 1 saturated heterocycles. The van der Waals surface area contributed by atoms with Gasteiger partial charge in [-0.15, -0.1) is 0 Å². The Kier molecular flexibility index (Phi) is 3.99. The topological polar surface area (TPSA) is 60.8 Å². The second-order valence-corrected chi connectivity index (χ2v) is 4.99. The van der Waals surface area contributed by atoms with E-state index < -0.39 is 5.97 Å². The van der Waals surface area contributed by atoms with Crippen molar-refractivity contribution in [1.82, 2.24) is 4.90 Å². The molecule has 0 aromatic heterocycles. The maximum absolute atomic E-state index is 10.8. The number of nitrogens with zero attached hydrogens (tertiary/aromatic N) is 1. The van der Waals surface area contributed by atoms with Gasteiger partial charge in [-0.25, -0.2) is 4.79 Å². The highest BCUT2D eigenvalue weighted by molar-refractivity contribution is 5.87. The summed E-state index contributed by atoms with van der Waals surface area (Å²) in [7, 11) is 0. The Morgan fingerprint density at radius 1 is 1.39 bits per heavy atom. The molecule has 2 atom stereocenters. The summed E-state index contributed by atoms with van der Waals surface area (Å²) in [6, 6.07) is 7.18. The lowest BCUT2D eigenvalue weighted by molar-refractivity contribution is 0.0697. The van der Waals surface area contributed by atoms with E-state index in [1.54, 1.807) is 12.1 Å².